The predicted molar refractivity (Wildman–Crippen MR) is 97.4 cm³/mol. The van der Waals surface area contributed by atoms with Crippen LogP contribution in [-0.2, 0) is 4.79 Å². The van der Waals surface area contributed by atoms with Crippen molar-refractivity contribution in [3.63, 3.8) is 0 Å². The molecule has 0 spiro atoms. The van der Waals surface area contributed by atoms with Crippen LogP contribution >= 0.6 is 24.0 Å². The maximum Gasteiger partial charge on any atom is 0.263 e. The monoisotopic (exact) mass is 354 g/mol. The van der Waals surface area contributed by atoms with Gasteiger partial charge in [-0.1, -0.05) is 36.1 Å². The van der Waals surface area contributed by atoms with E-state index in [0.29, 0.717) is 20.6 Å². The molecule has 0 unspecified atom stereocenters. The van der Waals surface area contributed by atoms with Gasteiger partial charge in [0, 0.05) is 29.4 Å². The van der Waals surface area contributed by atoms with Gasteiger partial charge in [0.15, 0.2) is 0 Å². The van der Waals surface area contributed by atoms with Crippen molar-refractivity contribution in [2.45, 2.75) is 0 Å². The number of nitrogens with one attached hydrogen (secondary N) is 1. The van der Waals surface area contributed by atoms with E-state index < -0.39 is 0 Å². The number of furan rings is 1. The second-order valence-corrected chi connectivity index (χ2v) is 6.88. The fourth-order valence-corrected chi connectivity index (χ4v) is 3.51. The van der Waals surface area contributed by atoms with E-state index in [1.807, 2.05) is 12.1 Å². The number of aromatic hydroxyl groups is 1. The van der Waals surface area contributed by atoms with Gasteiger partial charge in [-0.15, -0.1) is 0 Å². The van der Waals surface area contributed by atoms with Gasteiger partial charge in [0.2, 0.25) is 0 Å². The number of benzene rings is 1. The minimum atomic E-state index is -0.225. The molecule has 0 saturated carbocycles. The van der Waals surface area contributed by atoms with Crippen LogP contribution < -0.4 is 5.32 Å². The Balaban J connectivity index is 1.82. The van der Waals surface area contributed by atoms with Crippen molar-refractivity contribution in [3.8, 4) is 16.9 Å². The van der Waals surface area contributed by atoms with E-state index in [-0.39, 0.29) is 11.7 Å². The van der Waals surface area contributed by atoms with E-state index in [1.165, 1.54) is 11.8 Å². The largest absolute Gasteiger partial charge is 0.508 e. The number of hydrogen-bond donors (Lipinski definition) is 2. The maximum absolute atomic E-state index is 11.8. The van der Waals surface area contributed by atoms with Crippen LogP contribution in [0, 0.1) is 0 Å². The molecular weight excluding hydrogens is 344 g/mol. The molecule has 1 aliphatic heterocycles. The Morgan fingerprint density at radius 2 is 2.17 bits per heavy atom. The van der Waals surface area contributed by atoms with Gasteiger partial charge >= 0.3 is 0 Å². The van der Waals surface area contributed by atoms with Gasteiger partial charge in [-0.3, -0.25) is 9.78 Å². The van der Waals surface area contributed by atoms with Crippen LogP contribution in [0.1, 0.15) is 5.76 Å². The summed E-state index contributed by atoms with van der Waals surface area (Å²) in [7, 11) is 0. The van der Waals surface area contributed by atoms with Crippen LogP contribution in [0.3, 0.4) is 0 Å². The third-order valence-corrected chi connectivity index (χ3v) is 4.68. The molecule has 0 radical (unpaired) electrons. The second kappa shape index (κ2) is 5.77. The fourth-order valence-electron chi connectivity index (χ4n) is 2.48. The summed E-state index contributed by atoms with van der Waals surface area (Å²) in [5.41, 5.74) is 2.22. The molecule has 5 nitrogen and oxygen atoms in total. The molecular formula is C17H10N2O3S2. The number of phenols is 1. The highest BCUT2D eigenvalue weighted by Gasteiger charge is 2.22. The molecule has 2 aromatic heterocycles. The standard InChI is InChI=1S/C17H10N2O3S2/c20-11-3-1-2-9(4-11)13-8-18-7-10-5-12(22-15(10)13)6-14-16(21)19-17(23)24-14/h1-8,20H,(H,19,21,23). The number of phenolic OH excluding ortho intramolecular Hbond substituents is 1. The van der Waals surface area contributed by atoms with E-state index in [9.17, 15) is 9.90 Å². The quantitative estimate of drug-likeness (QED) is 0.540. The summed E-state index contributed by atoms with van der Waals surface area (Å²) < 4.78 is 6.34. The maximum atomic E-state index is 11.8. The van der Waals surface area contributed by atoms with Gasteiger partial charge in [-0.05, 0) is 23.8 Å². The Hall–Kier alpha value is -2.64. The summed E-state index contributed by atoms with van der Waals surface area (Å²) in [6.07, 6.45) is 5.04. The number of amides is 1. The van der Waals surface area contributed by atoms with Crippen LogP contribution in [0.15, 0.2) is 52.0 Å². The number of carbonyl (C=O) groups is 1. The van der Waals surface area contributed by atoms with Crippen LogP contribution in [0.4, 0.5) is 0 Å². The minimum Gasteiger partial charge on any atom is -0.508 e. The highest BCUT2D eigenvalue weighted by Crippen LogP contribution is 2.33. The van der Waals surface area contributed by atoms with Crippen molar-refractivity contribution >= 4 is 51.3 Å². The lowest BCUT2D eigenvalue weighted by atomic mass is 10.1. The molecule has 1 aromatic carbocycles. The summed E-state index contributed by atoms with van der Waals surface area (Å²) in [4.78, 5) is 16.5. The first-order chi connectivity index (χ1) is 11.6. The fraction of sp³-hybridized carbons (Fsp3) is 0. The van der Waals surface area contributed by atoms with Crippen molar-refractivity contribution in [3.05, 3.63) is 53.4 Å². The molecule has 2 N–H and O–H groups in total. The molecule has 1 amide bonds. The average molecular weight is 354 g/mol. The van der Waals surface area contributed by atoms with Crippen molar-refractivity contribution in [1.82, 2.24) is 10.3 Å². The summed E-state index contributed by atoms with van der Waals surface area (Å²) in [6.45, 7) is 0. The second-order valence-electron chi connectivity index (χ2n) is 5.16. The van der Waals surface area contributed by atoms with Crippen molar-refractivity contribution < 1.29 is 14.3 Å². The van der Waals surface area contributed by atoms with Gasteiger partial charge < -0.3 is 14.8 Å². The van der Waals surface area contributed by atoms with Crippen LogP contribution in [-0.4, -0.2) is 20.3 Å². The third-order valence-electron chi connectivity index (χ3n) is 3.51. The summed E-state index contributed by atoms with van der Waals surface area (Å²) in [5.74, 6) is 0.490. The normalized spacial score (nSPS) is 16.1. The van der Waals surface area contributed by atoms with Gasteiger partial charge in [-0.25, -0.2) is 0 Å². The van der Waals surface area contributed by atoms with Crippen molar-refractivity contribution in [2.24, 2.45) is 0 Å². The van der Waals surface area contributed by atoms with E-state index in [1.54, 1.807) is 36.7 Å². The number of nitrogens with zero attached hydrogens (tertiary/aromatic N) is 1. The molecule has 0 aliphatic carbocycles. The zero-order valence-corrected chi connectivity index (χ0v) is 13.8. The first-order valence-electron chi connectivity index (χ1n) is 7.02. The Kier molecular flexibility index (Phi) is 3.59. The lowest BCUT2D eigenvalue weighted by molar-refractivity contribution is -0.115. The van der Waals surface area contributed by atoms with Gasteiger partial charge in [0.05, 0.1) is 4.91 Å². The number of carbonyl (C=O) groups excluding carboxylic acids is 1. The number of hydrogen-bond acceptors (Lipinski definition) is 6. The summed E-state index contributed by atoms with van der Waals surface area (Å²) in [5, 5.41) is 13.1. The number of thiocarbonyl (C=S) groups is 1. The highest BCUT2D eigenvalue weighted by molar-refractivity contribution is 8.26. The number of fused-ring (bicyclic) bond motifs is 1. The predicted octanol–water partition coefficient (Wildman–Crippen LogP) is 3.69. The molecule has 7 heteroatoms. The number of thioether (sulfide) groups is 1. The molecule has 4 rings (SSSR count). The lowest BCUT2D eigenvalue weighted by Gasteiger charge is -2.02. The molecule has 0 atom stereocenters. The molecule has 3 aromatic rings. The number of pyridine rings is 1. The smallest absolute Gasteiger partial charge is 0.263 e. The topological polar surface area (TPSA) is 75.4 Å². The molecule has 1 saturated heterocycles. The van der Waals surface area contributed by atoms with Crippen LogP contribution in [0.2, 0.25) is 0 Å². The third kappa shape index (κ3) is 2.68. The minimum absolute atomic E-state index is 0.172. The zero-order chi connectivity index (χ0) is 16.7. The zero-order valence-electron chi connectivity index (χ0n) is 12.1. The molecule has 1 fully saturated rings. The van der Waals surface area contributed by atoms with Gasteiger partial charge in [-0.2, -0.15) is 0 Å². The average Bonchev–Trinajstić information content (AvgIpc) is 3.09. The Morgan fingerprint density at radius 3 is 2.92 bits per heavy atom. The Bertz CT molecular complexity index is 1020. The first kappa shape index (κ1) is 14.9. The van der Waals surface area contributed by atoms with Crippen LogP contribution in [0.25, 0.3) is 28.2 Å². The highest BCUT2D eigenvalue weighted by atomic mass is 32.2. The van der Waals surface area contributed by atoms with E-state index in [0.717, 1.165) is 16.5 Å². The number of rotatable bonds is 2. The van der Waals surface area contributed by atoms with Gasteiger partial charge in [0.1, 0.15) is 21.4 Å². The molecule has 118 valence electrons. The van der Waals surface area contributed by atoms with Crippen LogP contribution in [0.5, 0.6) is 5.75 Å². The summed E-state index contributed by atoms with van der Waals surface area (Å²) in [6, 6.07) is 8.70. The molecule has 24 heavy (non-hydrogen) atoms. The Morgan fingerprint density at radius 1 is 1.29 bits per heavy atom. The molecule has 3 heterocycles. The van der Waals surface area contributed by atoms with E-state index in [2.05, 4.69) is 10.3 Å². The first-order valence-corrected chi connectivity index (χ1v) is 8.24. The van der Waals surface area contributed by atoms with Gasteiger partial charge in [0.25, 0.3) is 5.91 Å². The number of aromatic nitrogens is 1. The Labute approximate surface area is 146 Å². The molecule has 0 bridgehead atoms. The SMILES string of the molecule is O=C1NC(=S)SC1=Cc1cc2cncc(-c3cccc(O)c3)c2o1. The lowest BCUT2D eigenvalue weighted by Crippen LogP contribution is -2.17. The van der Waals surface area contributed by atoms with Crippen molar-refractivity contribution in [1.29, 1.82) is 0 Å². The molecule has 1 aliphatic rings. The van der Waals surface area contributed by atoms with E-state index >= 15 is 0 Å². The summed E-state index contributed by atoms with van der Waals surface area (Å²) >= 11 is 6.18. The van der Waals surface area contributed by atoms with E-state index in [4.69, 9.17) is 16.6 Å². The van der Waals surface area contributed by atoms with Crippen molar-refractivity contribution in [2.75, 3.05) is 0 Å².